The number of hydrogen-bond donors (Lipinski definition) is 0. The van der Waals surface area contributed by atoms with Crippen molar-refractivity contribution in [2.75, 3.05) is 0 Å². The van der Waals surface area contributed by atoms with Gasteiger partial charge in [-0.1, -0.05) is 19.4 Å². The molecule has 0 atom stereocenters. The fraction of sp³-hybridized carbons (Fsp3) is 0.636. The summed E-state index contributed by atoms with van der Waals surface area (Å²) in [4.78, 5) is 22.7. The van der Waals surface area contributed by atoms with E-state index in [1.807, 2.05) is 20.8 Å². The number of ketones is 2. The molecule has 0 unspecified atom stereocenters. The monoisotopic (exact) mass is 180 g/mol. The molecule has 0 spiro atoms. The zero-order valence-corrected chi connectivity index (χ0v) is 8.73. The largest absolute Gasteiger partial charge is 0.300 e. The predicted octanol–water partition coefficient (Wildman–Crippen LogP) is 2.28. The molecule has 1 aliphatic rings. The van der Waals surface area contributed by atoms with Gasteiger partial charge in [0.1, 0.15) is 5.78 Å². The van der Waals surface area contributed by atoms with E-state index in [1.54, 1.807) is 0 Å². The Hall–Kier alpha value is -0.920. The average molecular weight is 180 g/mol. The summed E-state index contributed by atoms with van der Waals surface area (Å²) in [6.07, 6.45) is 1.11. The Balaban J connectivity index is 2.91. The molecule has 0 aromatic rings. The van der Waals surface area contributed by atoms with Crippen LogP contribution in [0.5, 0.6) is 0 Å². The normalized spacial score (nSPS) is 21.1. The van der Waals surface area contributed by atoms with Gasteiger partial charge in [0, 0.05) is 17.4 Å². The summed E-state index contributed by atoms with van der Waals surface area (Å²) in [5, 5.41) is 0. The Morgan fingerprint density at radius 2 is 2.00 bits per heavy atom. The Morgan fingerprint density at radius 3 is 2.31 bits per heavy atom. The lowest BCUT2D eigenvalue weighted by Crippen LogP contribution is -2.20. The third-order valence-electron chi connectivity index (χ3n) is 2.54. The summed E-state index contributed by atoms with van der Waals surface area (Å²) < 4.78 is 0. The van der Waals surface area contributed by atoms with Crippen molar-refractivity contribution in [3.8, 4) is 0 Å². The molecule has 0 saturated carbocycles. The Kier molecular flexibility index (Phi) is 2.42. The van der Waals surface area contributed by atoms with Gasteiger partial charge in [-0.25, -0.2) is 0 Å². The zero-order chi connectivity index (χ0) is 10.2. The van der Waals surface area contributed by atoms with E-state index in [2.05, 4.69) is 0 Å². The fourth-order valence-electron chi connectivity index (χ4n) is 1.93. The van der Waals surface area contributed by atoms with Crippen LogP contribution in [0.2, 0.25) is 0 Å². The molecule has 1 aliphatic carbocycles. The molecule has 72 valence electrons. The van der Waals surface area contributed by atoms with E-state index < -0.39 is 0 Å². The molecule has 0 N–H and O–H groups in total. The van der Waals surface area contributed by atoms with Crippen LogP contribution in [-0.2, 0) is 9.59 Å². The highest BCUT2D eigenvalue weighted by molar-refractivity contribution is 6.06. The first-order valence-corrected chi connectivity index (χ1v) is 4.57. The molecule has 0 radical (unpaired) electrons. The summed E-state index contributed by atoms with van der Waals surface area (Å²) in [5.41, 5.74) is 1.55. The molecule has 1 rings (SSSR count). The van der Waals surface area contributed by atoms with Gasteiger partial charge in [0.25, 0.3) is 0 Å². The number of carbonyl (C=O) groups is 2. The summed E-state index contributed by atoms with van der Waals surface area (Å²) in [6, 6.07) is 0. The van der Waals surface area contributed by atoms with Crippen molar-refractivity contribution < 1.29 is 9.59 Å². The minimum absolute atomic E-state index is 0.0698. The molecule has 0 heterocycles. The van der Waals surface area contributed by atoms with Gasteiger partial charge in [0.2, 0.25) is 0 Å². The van der Waals surface area contributed by atoms with Crippen molar-refractivity contribution >= 4 is 11.6 Å². The summed E-state index contributed by atoms with van der Waals surface area (Å²) >= 11 is 0. The molecule has 0 aliphatic heterocycles. The van der Waals surface area contributed by atoms with Gasteiger partial charge >= 0.3 is 0 Å². The van der Waals surface area contributed by atoms with E-state index in [9.17, 15) is 9.59 Å². The van der Waals surface area contributed by atoms with E-state index in [4.69, 9.17) is 0 Å². The summed E-state index contributed by atoms with van der Waals surface area (Å²) in [7, 11) is 0. The Bertz CT molecular complexity index is 295. The molecule has 0 aromatic heterocycles. The maximum atomic E-state index is 11.8. The molecule has 2 heteroatoms. The molecule has 0 saturated heterocycles. The Morgan fingerprint density at radius 1 is 1.46 bits per heavy atom. The second-order valence-corrected chi connectivity index (χ2v) is 4.53. The average Bonchev–Trinajstić information content (AvgIpc) is 2.12. The van der Waals surface area contributed by atoms with Gasteiger partial charge in [-0.15, -0.1) is 0 Å². The first kappa shape index (κ1) is 10.2. The van der Waals surface area contributed by atoms with E-state index in [0.717, 1.165) is 17.6 Å². The van der Waals surface area contributed by atoms with Crippen molar-refractivity contribution in [1.29, 1.82) is 0 Å². The van der Waals surface area contributed by atoms with Crippen LogP contribution in [-0.4, -0.2) is 11.6 Å². The quantitative estimate of drug-likeness (QED) is 0.653. The molecular weight excluding hydrogens is 164 g/mol. The maximum absolute atomic E-state index is 11.8. The first-order chi connectivity index (χ1) is 5.84. The van der Waals surface area contributed by atoms with Crippen molar-refractivity contribution in [3.63, 3.8) is 0 Å². The number of rotatable bonds is 2. The maximum Gasteiger partial charge on any atom is 0.165 e. The third kappa shape index (κ3) is 1.87. The Labute approximate surface area is 79.0 Å². The van der Waals surface area contributed by atoms with E-state index in [-0.39, 0.29) is 17.0 Å². The molecule has 0 aromatic carbocycles. The lowest BCUT2D eigenvalue weighted by atomic mass is 9.87. The molecule has 13 heavy (non-hydrogen) atoms. The third-order valence-corrected chi connectivity index (χ3v) is 2.54. The lowest BCUT2D eigenvalue weighted by molar-refractivity contribution is -0.124. The number of hydrogen-bond acceptors (Lipinski definition) is 2. The van der Waals surface area contributed by atoms with Gasteiger partial charge in [-0.2, -0.15) is 0 Å². The fourth-order valence-corrected chi connectivity index (χ4v) is 1.93. The number of carbonyl (C=O) groups excluding carboxylic acids is 2. The van der Waals surface area contributed by atoms with Gasteiger partial charge in [-0.05, 0) is 20.3 Å². The van der Waals surface area contributed by atoms with Crippen LogP contribution in [0.4, 0.5) is 0 Å². The van der Waals surface area contributed by atoms with Crippen LogP contribution in [0, 0.1) is 5.41 Å². The minimum Gasteiger partial charge on any atom is -0.300 e. The van der Waals surface area contributed by atoms with Crippen LogP contribution < -0.4 is 0 Å². The van der Waals surface area contributed by atoms with Crippen molar-refractivity contribution in [2.24, 2.45) is 5.41 Å². The van der Waals surface area contributed by atoms with Gasteiger partial charge in [-0.3, -0.25) is 9.59 Å². The van der Waals surface area contributed by atoms with Crippen LogP contribution in [0.15, 0.2) is 11.1 Å². The van der Waals surface area contributed by atoms with Crippen molar-refractivity contribution in [3.05, 3.63) is 11.1 Å². The first-order valence-electron chi connectivity index (χ1n) is 4.57. The molecule has 0 bridgehead atoms. The van der Waals surface area contributed by atoms with Crippen molar-refractivity contribution in [2.45, 2.75) is 40.5 Å². The SMILES string of the molecule is CC(=O)CC1=C(C)CC(C)(C)C1=O. The van der Waals surface area contributed by atoms with Gasteiger partial charge in [0.05, 0.1) is 0 Å². The second kappa shape index (κ2) is 3.09. The molecule has 0 amide bonds. The van der Waals surface area contributed by atoms with Crippen LogP contribution in [0.3, 0.4) is 0 Å². The number of Topliss-reactive ketones (excluding diaryl/α,β-unsaturated/α-hetero) is 2. The van der Waals surface area contributed by atoms with Crippen LogP contribution in [0.25, 0.3) is 0 Å². The van der Waals surface area contributed by atoms with E-state index >= 15 is 0 Å². The summed E-state index contributed by atoms with van der Waals surface area (Å²) in [6.45, 7) is 7.35. The van der Waals surface area contributed by atoms with Crippen LogP contribution in [0.1, 0.15) is 40.5 Å². The molecular formula is C11H16O2. The predicted molar refractivity (Wildman–Crippen MR) is 51.4 cm³/mol. The highest BCUT2D eigenvalue weighted by Gasteiger charge is 2.37. The minimum atomic E-state index is -0.283. The molecule has 0 fully saturated rings. The zero-order valence-electron chi connectivity index (χ0n) is 8.73. The van der Waals surface area contributed by atoms with Gasteiger partial charge in [0.15, 0.2) is 5.78 Å². The number of allylic oxidation sites excluding steroid dienone is 2. The van der Waals surface area contributed by atoms with E-state index in [1.165, 1.54) is 6.92 Å². The standard InChI is InChI=1S/C11H16O2/c1-7-6-11(3,4)10(13)9(7)5-8(2)12/h5-6H2,1-4H3. The van der Waals surface area contributed by atoms with Gasteiger partial charge < -0.3 is 0 Å². The highest BCUT2D eigenvalue weighted by atomic mass is 16.1. The molecule has 2 nitrogen and oxygen atoms in total. The van der Waals surface area contributed by atoms with Crippen LogP contribution >= 0.6 is 0 Å². The smallest absolute Gasteiger partial charge is 0.165 e. The van der Waals surface area contributed by atoms with E-state index in [0.29, 0.717) is 6.42 Å². The summed E-state index contributed by atoms with van der Waals surface area (Å²) in [5.74, 6) is 0.223. The van der Waals surface area contributed by atoms with Crippen molar-refractivity contribution in [1.82, 2.24) is 0 Å². The lowest BCUT2D eigenvalue weighted by Gasteiger charge is -2.15. The second-order valence-electron chi connectivity index (χ2n) is 4.53. The highest BCUT2D eigenvalue weighted by Crippen LogP contribution is 2.39. The topological polar surface area (TPSA) is 34.1 Å².